The summed E-state index contributed by atoms with van der Waals surface area (Å²) in [6.07, 6.45) is 6.52. The van der Waals surface area contributed by atoms with E-state index in [9.17, 15) is 0 Å². The van der Waals surface area contributed by atoms with Crippen molar-refractivity contribution in [3.63, 3.8) is 0 Å². The average Bonchev–Trinajstić information content (AvgIpc) is 2.25. The Balaban J connectivity index is 2.25. The lowest BCUT2D eigenvalue weighted by atomic mass is 10.1. The van der Waals surface area contributed by atoms with Gasteiger partial charge in [0.05, 0.1) is 0 Å². The predicted octanol–water partition coefficient (Wildman–Crippen LogP) is 4.63. The predicted molar refractivity (Wildman–Crippen MR) is 66.9 cm³/mol. The molecule has 0 bridgehead atoms. The molecule has 1 aromatic carbocycles. The number of rotatable bonds is 6. The third-order valence-electron chi connectivity index (χ3n) is 2.52. The van der Waals surface area contributed by atoms with Crippen molar-refractivity contribution in [1.82, 2.24) is 0 Å². The lowest BCUT2D eigenvalue weighted by Crippen LogP contribution is -1.90. The highest BCUT2D eigenvalue weighted by atomic mass is 32.1. The van der Waals surface area contributed by atoms with E-state index >= 15 is 0 Å². The van der Waals surface area contributed by atoms with E-state index in [1.807, 2.05) is 0 Å². The van der Waals surface area contributed by atoms with Crippen LogP contribution in [0.3, 0.4) is 0 Å². The Bertz CT molecular complexity index is 230. The molecule has 0 aliphatic carbocycles. The average molecular weight is 208 g/mol. The van der Waals surface area contributed by atoms with Crippen LogP contribution < -0.4 is 0 Å². The monoisotopic (exact) mass is 208 g/mol. The minimum atomic E-state index is 0.424. The second-order valence-corrected chi connectivity index (χ2v) is 4.40. The van der Waals surface area contributed by atoms with E-state index < -0.39 is 0 Å². The Morgan fingerprint density at radius 2 is 1.79 bits per heavy atom. The molecule has 0 amide bonds. The number of hydrogen-bond donors (Lipinski definition) is 1. The van der Waals surface area contributed by atoms with Crippen LogP contribution in [0.1, 0.15) is 49.8 Å². The van der Waals surface area contributed by atoms with Gasteiger partial charge >= 0.3 is 0 Å². The first-order valence-corrected chi connectivity index (χ1v) is 6.09. The molecule has 0 aliphatic heterocycles. The van der Waals surface area contributed by atoms with Crippen molar-refractivity contribution >= 4 is 12.6 Å². The zero-order valence-corrected chi connectivity index (χ0v) is 9.84. The fourth-order valence-electron chi connectivity index (χ4n) is 1.61. The van der Waals surface area contributed by atoms with Crippen molar-refractivity contribution < 1.29 is 0 Å². The van der Waals surface area contributed by atoms with E-state index in [0.717, 1.165) is 0 Å². The fourth-order valence-corrected chi connectivity index (χ4v) is 1.96. The van der Waals surface area contributed by atoms with Gasteiger partial charge in [0.15, 0.2) is 0 Å². The van der Waals surface area contributed by atoms with Crippen molar-refractivity contribution in [3.05, 3.63) is 35.9 Å². The van der Waals surface area contributed by atoms with Crippen LogP contribution in [-0.2, 0) is 0 Å². The summed E-state index contributed by atoms with van der Waals surface area (Å²) in [6, 6.07) is 10.6. The van der Waals surface area contributed by atoms with Gasteiger partial charge in [0.1, 0.15) is 0 Å². The van der Waals surface area contributed by atoms with Crippen molar-refractivity contribution in [3.8, 4) is 0 Å². The first-order chi connectivity index (χ1) is 6.84. The maximum atomic E-state index is 4.62. The van der Waals surface area contributed by atoms with Crippen molar-refractivity contribution in [2.45, 2.75) is 44.3 Å². The van der Waals surface area contributed by atoms with Crippen LogP contribution >= 0.6 is 12.6 Å². The molecule has 0 saturated heterocycles. The van der Waals surface area contributed by atoms with E-state index in [2.05, 4.69) is 49.9 Å². The Hall–Kier alpha value is -0.430. The molecule has 0 nitrogen and oxygen atoms in total. The summed E-state index contributed by atoms with van der Waals surface area (Å²) in [5, 5.41) is 0.424. The van der Waals surface area contributed by atoms with Crippen molar-refractivity contribution in [1.29, 1.82) is 0 Å². The summed E-state index contributed by atoms with van der Waals surface area (Å²) in [6.45, 7) is 2.25. The third-order valence-corrected chi connectivity index (χ3v) is 3.07. The molecule has 0 aliphatic rings. The van der Waals surface area contributed by atoms with Crippen LogP contribution in [0.5, 0.6) is 0 Å². The molecule has 1 rings (SSSR count). The Morgan fingerprint density at radius 1 is 1.07 bits per heavy atom. The highest BCUT2D eigenvalue weighted by Crippen LogP contribution is 2.25. The largest absolute Gasteiger partial charge is 0.171 e. The summed E-state index contributed by atoms with van der Waals surface area (Å²) in [5.74, 6) is 0. The fraction of sp³-hybridized carbons (Fsp3) is 0.538. The maximum Gasteiger partial charge on any atom is 0.0267 e. The zero-order chi connectivity index (χ0) is 10.2. The van der Waals surface area contributed by atoms with Crippen molar-refractivity contribution in [2.24, 2.45) is 0 Å². The van der Waals surface area contributed by atoms with E-state index in [1.54, 1.807) is 0 Å². The quantitative estimate of drug-likeness (QED) is 0.511. The summed E-state index contributed by atoms with van der Waals surface area (Å²) < 4.78 is 0. The summed E-state index contributed by atoms with van der Waals surface area (Å²) in [7, 11) is 0. The Labute approximate surface area is 93.1 Å². The summed E-state index contributed by atoms with van der Waals surface area (Å²) in [5.41, 5.74) is 1.35. The molecule has 1 aromatic rings. The number of thiol groups is 1. The van der Waals surface area contributed by atoms with Crippen LogP contribution in [0.25, 0.3) is 0 Å². The van der Waals surface area contributed by atoms with E-state index in [-0.39, 0.29) is 0 Å². The van der Waals surface area contributed by atoms with Crippen LogP contribution in [0.15, 0.2) is 30.3 Å². The van der Waals surface area contributed by atoms with Crippen LogP contribution in [0, 0.1) is 0 Å². The number of unbranched alkanes of at least 4 members (excludes halogenated alkanes) is 3. The van der Waals surface area contributed by atoms with E-state index in [4.69, 9.17) is 0 Å². The molecule has 0 heterocycles. The molecule has 1 atom stereocenters. The minimum Gasteiger partial charge on any atom is -0.171 e. The second-order valence-electron chi connectivity index (χ2n) is 3.78. The van der Waals surface area contributed by atoms with Gasteiger partial charge in [-0.15, -0.1) is 0 Å². The van der Waals surface area contributed by atoms with Gasteiger partial charge in [0.25, 0.3) is 0 Å². The SMILES string of the molecule is CCCCCCC(S)c1ccccc1. The second kappa shape index (κ2) is 6.94. The van der Waals surface area contributed by atoms with Crippen LogP contribution in [0.4, 0.5) is 0 Å². The Kier molecular flexibility index (Phi) is 5.77. The van der Waals surface area contributed by atoms with E-state index in [0.29, 0.717) is 5.25 Å². The van der Waals surface area contributed by atoms with E-state index in [1.165, 1.54) is 37.7 Å². The molecule has 0 aromatic heterocycles. The van der Waals surface area contributed by atoms with Gasteiger partial charge in [-0.1, -0.05) is 62.9 Å². The lowest BCUT2D eigenvalue weighted by Gasteiger charge is -2.10. The smallest absolute Gasteiger partial charge is 0.0267 e. The first kappa shape index (κ1) is 11.6. The third kappa shape index (κ3) is 4.19. The summed E-state index contributed by atoms with van der Waals surface area (Å²) >= 11 is 4.62. The topological polar surface area (TPSA) is 0 Å². The maximum absolute atomic E-state index is 4.62. The molecular weight excluding hydrogens is 188 g/mol. The van der Waals surface area contributed by atoms with Gasteiger partial charge in [0.2, 0.25) is 0 Å². The molecule has 0 N–H and O–H groups in total. The van der Waals surface area contributed by atoms with Gasteiger partial charge in [-0.2, -0.15) is 12.6 Å². The molecule has 1 unspecified atom stereocenters. The number of hydrogen-bond acceptors (Lipinski definition) is 1. The molecule has 14 heavy (non-hydrogen) atoms. The Morgan fingerprint density at radius 3 is 2.43 bits per heavy atom. The first-order valence-electron chi connectivity index (χ1n) is 5.57. The highest BCUT2D eigenvalue weighted by molar-refractivity contribution is 7.80. The molecule has 0 spiro atoms. The molecule has 0 saturated carbocycles. The lowest BCUT2D eigenvalue weighted by molar-refractivity contribution is 0.628. The molecule has 1 heteroatoms. The van der Waals surface area contributed by atoms with Crippen molar-refractivity contribution in [2.75, 3.05) is 0 Å². The summed E-state index contributed by atoms with van der Waals surface area (Å²) in [4.78, 5) is 0. The van der Waals surface area contributed by atoms with Gasteiger partial charge < -0.3 is 0 Å². The van der Waals surface area contributed by atoms with Gasteiger partial charge in [0, 0.05) is 5.25 Å². The molecule has 0 fully saturated rings. The number of benzene rings is 1. The highest BCUT2D eigenvalue weighted by Gasteiger charge is 2.04. The minimum absolute atomic E-state index is 0.424. The molecule has 0 radical (unpaired) electrons. The van der Waals surface area contributed by atoms with Gasteiger partial charge in [-0.3, -0.25) is 0 Å². The van der Waals surface area contributed by atoms with Gasteiger partial charge in [-0.25, -0.2) is 0 Å². The van der Waals surface area contributed by atoms with Crippen LogP contribution in [-0.4, -0.2) is 0 Å². The molecular formula is C13H20S. The zero-order valence-electron chi connectivity index (χ0n) is 8.95. The standard InChI is InChI=1S/C13H20S/c1-2-3-4-8-11-13(14)12-9-6-5-7-10-12/h5-7,9-10,13-14H,2-4,8,11H2,1H3. The van der Waals surface area contributed by atoms with Gasteiger partial charge in [-0.05, 0) is 12.0 Å². The molecule has 78 valence electrons. The van der Waals surface area contributed by atoms with Crippen LogP contribution in [0.2, 0.25) is 0 Å². The normalized spacial score (nSPS) is 12.7.